The minimum absolute atomic E-state index is 0.0965. The minimum atomic E-state index is -3.79. The number of H-pyrrole nitrogens is 1. The summed E-state index contributed by atoms with van der Waals surface area (Å²) in [6, 6.07) is 14.8. The van der Waals surface area contributed by atoms with E-state index in [9.17, 15) is 8.42 Å². The van der Waals surface area contributed by atoms with Crippen LogP contribution >= 0.6 is 11.6 Å². The molecule has 4 aromatic rings. The molecule has 2 N–H and O–H groups in total. The van der Waals surface area contributed by atoms with Gasteiger partial charge in [0.1, 0.15) is 5.69 Å². The molecular weight excluding hydrogens is 374 g/mol. The van der Waals surface area contributed by atoms with E-state index >= 15 is 0 Å². The van der Waals surface area contributed by atoms with E-state index in [2.05, 4.69) is 24.9 Å². The fourth-order valence-corrected chi connectivity index (χ4v) is 3.80. The van der Waals surface area contributed by atoms with Crippen LogP contribution in [0.5, 0.6) is 0 Å². The second kappa shape index (κ2) is 6.40. The summed E-state index contributed by atoms with van der Waals surface area (Å²) in [5.41, 5.74) is 2.09. The molecule has 2 aromatic heterocycles. The van der Waals surface area contributed by atoms with E-state index < -0.39 is 10.0 Å². The molecule has 26 heavy (non-hydrogen) atoms. The molecule has 0 bridgehead atoms. The Hall–Kier alpha value is -2.97. The standard InChI is InChI=1S/C17H12ClN5O2S/c18-12-4-1-2-5-13(12)23-26(24,25)11-7-8-14-16(10-11)21-17(20-14)15-6-3-9-19-22-15/h1-10,23H,(H,20,21). The lowest BCUT2D eigenvalue weighted by molar-refractivity contribution is 0.601. The molecule has 0 spiro atoms. The second-order valence-electron chi connectivity index (χ2n) is 5.46. The third kappa shape index (κ3) is 3.12. The van der Waals surface area contributed by atoms with E-state index in [1.165, 1.54) is 12.1 Å². The van der Waals surface area contributed by atoms with Gasteiger partial charge in [-0.05, 0) is 42.5 Å². The number of aromatic amines is 1. The first-order valence-electron chi connectivity index (χ1n) is 7.58. The predicted octanol–water partition coefficient (Wildman–Crippen LogP) is 3.47. The number of anilines is 1. The van der Waals surface area contributed by atoms with Crippen molar-refractivity contribution in [1.29, 1.82) is 0 Å². The molecular formula is C17H12ClN5O2S. The van der Waals surface area contributed by atoms with Gasteiger partial charge in [-0.2, -0.15) is 5.10 Å². The van der Waals surface area contributed by atoms with E-state index in [-0.39, 0.29) is 4.90 Å². The number of halogens is 1. The van der Waals surface area contributed by atoms with Crippen LogP contribution in [-0.4, -0.2) is 28.6 Å². The van der Waals surface area contributed by atoms with Crippen LogP contribution in [0.1, 0.15) is 0 Å². The van der Waals surface area contributed by atoms with Gasteiger partial charge in [-0.25, -0.2) is 13.4 Å². The van der Waals surface area contributed by atoms with Crippen LogP contribution in [0.2, 0.25) is 5.02 Å². The largest absolute Gasteiger partial charge is 0.337 e. The van der Waals surface area contributed by atoms with E-state index in [0.29, 0.717) is 33.3 Å². The lowest BCUT2D eigenvalue weighted by Crippen LogP contribution is -2.13. The van der Waals surface area contributed by atoms with Gasteiger partial charge in [0.05, 0.1) is 26.6 Å². The van der Waals surface area contributed by atoms with Crippen LogP contribution in [-0.2, 0) is 10.0 Å². The zero-order chi connectivity index (χ0) is 18.1. The number of para-hydroxylation sites is 1. The van der Waals surface area contributed by atoms with Crippen molar-refractivity contribution in [2.45, 2.75) is 4.90 Å². The van der Waals surface area contributed by atoms with Crippen molar-refractivity contribution < 1.29 is 8.42 Å². The molecule has 0 saturated carbocycles. The predicted molar refractivity (Wildman–Crippen MR) is 99.4 cm³/mol. The monoisotopic (exact) mass is 385 g/mol. The summed E-state index contributed by atoms with van der Waals surface area (Å²) in [5.74, 6) is 0.515. The van der Waals surface area contributed by atoms with Crippen LogP contribution < -0.4 is 4.72 Å². The Bertz CT molecular complexity index is 1190. The van der Waals surface area contributed by atoms with Gasteiger partial charge in [-0.1, -0.05) is 23.7 Å². The third-order valence-electron chi connectivity index (χ3n) is 3.70. The van der Waals surface area contributed by atoms with Gasteiger partial charge in [0.15, 0.2) is 5.82 Å². The second-order valence-corrected chi connectivity index (χ2v) is 7.55. The smallest absolute Gasteiger partial charge is 0.262 e. The van der Waals surface area contributed by atoms with Crippen molar-refractivity contribution in [3.05, 3.63) is 65.8 Å². The normalized spacial score (nSPS) is 11.6. The minimum Gasteiger partial charge on any atom is -0.337 e. The summed E-state index contributed by atoms with van der Waals surface area (Å²) in [4.78, 5) is 7.57. The first-order chi connectivity index (χ1) is 12.5. The first kappa shape index (κ1) is 16.5. The Balaban J connectivity index is 1.72. The number of hydrogen-bond acceptors (Lipinski definition) is 5. The van der Waals surface area contributed by atoms with Crippen LogP contribution in [0, 0.1) is 0 Å². The molecule has 9 heteroatoms. The van der Waals surface area contributed by atoms with E-state index in [1.54, 1.807) is 48.7 Å². The zero-order valence-corrected chi connectivity index (χ0v) is 14.8. The van der Waals surface area contributed by atoms with E-state index in [0.717, 1.165) is 0 Å². The molecule has 0 fully saturated rings. The molecule has 4 rings (SSSR count). The summed E-state index contributed by atoms with van der Waals surface area (Å²) in [5, 5.41) is 8.13. The van der Waals surface area contributed by atoms with Gasteiger partial charge in [-0.15, -0.1) is 5.10 Å². The Kier molecular flexibility index (Phi) is 4.06. The average molecular weight is 386 g/mol. The maximum atomic E-state index is 12.6. The average Bonchev–Trinajstić information content (AvgIpc) is 3.07. The zero-order valence-electron chi connectivity index (χ0n) is 13.2. The Morgan fingerprint density at radius 2 is 1.88 bits per heavy atom. The molecule has 2 heterocycles. The third-order valence-corrected chi connectivity index (χ3v) is 5.39. The fraction of sp³-hybridized carbons (Fsp3) is 0. The Morgan fingerprint density at radius 3 is 2.65 bits per heavy atom. The number of rotatable bonds is 4. The van der Waals surface area contributed by atoms with Crippen molar-refractivity contribution in [3.8, 4) is 11.5 Å². The van der Waals surface area contributed by atoms with Gasteiger partial charge in [0.2, 0.25) is 0 Å². The maximum absolute atomic E-state index is 12.6. The molecule has 0 aliphatic rings. The summed E-state index contributed by atoms with van der Waals surface area (Å²) in [6.07, 6.45) is 1.57. The number of sulfonamides is 1. The summed E-state index contributed by atoms with van der Waals surface area (Å²) in [7, 11) is -3.79. The highest BCUT2D eigenvalue weighted by Gasteiger charge is 2.17. The highest BCUT2D eigenvalue weighted by atomic mass is 35.5. The molecule has 0 atom stereocenters. The molecule has 0 saturated heterocycles. The van der Waals surface area contributed by atoms with E-state index in [1.807, 2.05) is 0 Å². The van der Waals surface area contributed by atoms with Gasteiger partial charge < -0.3 is 4.98 Å². The number of nitrogens with zero attached hydrogens (tertiary/aromatic N) is 3. The van der Waals surface area contributed by atoms with Gasteiger partial charge >= 0.3 is 0 Å². The number of hydrogen-bond donors (Lipinski definition) is 2. The van der Waals surface area contributed by atoms with Crippen molar-refractivity contribution in [2.24, 2.45) is 0 Å². The Labute approximate surface area is 154 Å². The number of fused-ring (bicyclic) bond motifs is 1. The lowest BCUT2D eigenvalue weighted by atomic mass is 10.3. The fourth-order valence-electron chi connectivity index (χ4n) is 2.45. The highest BCUT2D eigenvalue weighted by Crippen LogP contribution is 2.26. The molecule has 0 unspecified atom stereocenters. The number of aromatic nitrogens is 4. The van der Waals surface area contributed by atoms with Crippen molar-refractivity contribution in [1.82, 2.24) is 20.2 Å². The maximum Gasteiger partial charge on any atom is 0.262 e. The molecule has 0 amide bonds. The van der Waals surface area contributed by atoms with E-state index in [4.69, 9.17) is 11.6 Å². The topological polar surface area (TPSA) is 101 Å². The van der Waals surface area contributed by atoms with Crippen molar-refractivity contribution in [2.75, 3.05) is 4.72 Å². The number of benzene rings is 2. The molecule has 130 valence electrons. The molecule has 0 aliphatic carbocycles. The Morgan fingerprint density at radius 1 is 1.04 bits per heavy atom. The summed E-state index contributed by atoms with van der Waals surface area (Å²) in [6.45, 7) is 0. The number of imidazole rings is 1. The molecule has 0 radical (unpaired) electrons. The SMILES string of the molecule is O=S(=O)(Nc1ccccc1Cl)c1ccc2nc(-c3cccnn3)[nH]c2c1. The highest BCUT2D eigenvalue weighted by molar-refractivity contribution is 7.92. The molecule has 0 aliphatic heterocycles. The van der Waals surface area contributed by atoms with Crippen molar-refractivity contribution >= 4 is 38.3 Å². The van der Waals surface area contributed by atoms with Crippen molar-refractivity contribution in [3.63, 3.8) is 0 Å². The summed E-state index contributed by atoms with van der Waals surface area (Å²) >= 11 is 6.03. The van der Waals surface area contributed by atoms with Crippen LogP contribution in [0.15, 0.2) is 65.7 Å². The van der Waals surface area contributed by atoms with Gasteiger partial charge in [0, 0.05) is 6.20 Å². The molecule has 7 nitrogen and oxygen atoms in total. The number of nitrogens with one attached hydrogen (secondary N) is 2. The first-order valence-corrected chi connectivity index (χ1v) is 9.44. The molecule has 2 aromatic carbocycles. The van der Waals surface area contributed by atoms with Crippen LogP contribution in [0.25, 0.3) is 22.6 Å². The van der Waals surface area contributed by atoms with Gasteiger partial charge in [-0.3, -0.25) is 4.72 Å². The van der Waals surface area contributed by atoms with Crippen LogP contribution in [0.3, 0.4) is 0 Å². The quantitative estimate of drug-likeness (QED) is 0.560. The lowest BCUT2D eigenvalue weighted by Gasteiger charge is -2.09. The summed E-state index contributed by atoms with van der Waals surface area (Å²) < 4.78 is 27.8. The van der Waals surface area contributed by atoms with Crippen LogP contribution in [0.4, 0.5) is 5.69 Å². The van der Waals surface area contributed by atoms with Gasteiger partial charge in [0.25, 0.3) is 10.0 Å².